The summed E-state index contributed by atoms with van der Waals surface area (Å²) in [6, 6.07) is 9.16. The number of fused-ring (bicyclic) bond motifs is 1. The predicted molar refractivity (Wildman–Crippen MR) is 116 cm³/mol. The predicted octanol–water partition coefficient (Wildman–Crippen LogP) is 2.15. The van der Waals surface area contributed by atoms with Crippen LogP contribution in [0.15, 0.2) is 42.6 Å². The van der Waals surface area contributed by atoms with Gasteiger partial charge in [0.2, 0.25) is 5.28 Å². The van der Waals surface area contributed by atoms with Gasteiger partial charge in [0.15, 0.2) is 11.6 Å². The van der Waals surface area contributed by atoms with Crippen LogP contribution in [0.3, 0.4) is 0 Å². The number of carbonyl (C=O) groups excluding carboxylic acids is 3. The number of imide groups is 1. The Labute approximate surface area is 193 Å². The lowest BCUT2D eigenvalue weighted by molar-refractivity contribution is 0.0302. The van der Waals surface area contributed by atoms with Crippen LogP contribution in [-0.4, -0.2) is 73.6 Å². The van der Waals surface area contributed by atoms with E-state index in [1.165, 1.54) is 10.9 Å². The van der Waals surface area contributed by atoms with Crippen LogP contribution < -0.4 is 0 Å². The summed E-state index contributed by atoms with van der Waals surface area (Å²) >= 11 is 6.08. The molecule has 0 bridgehead atoms. The highest BCUT2D eigenvalue weighted by molar-refractivity contribution is 6.28. The molecule has 2 aliphatic rings. The molecular formula is C22H19ClN6O4. The van der Waals surface area contributed by atoms with Crippen molar-refractivity contribution in [3.63, 3.8) is 0 Å². The van der Waals surface area contributed by atoms with Gasteiger partial charge in [-0.3, -0.25) is 19.3 Å². The van der Waals surface area contributed by atoms with Crippen LogP contribution in [0, 0.1) is 0 Å². The molecule has 1 aromatic carbocycles. The summed E-state index contributed by atoms with van der Waals surface area (Å²) in [6.45, 7) is 3.75. The summed E-state index contributed by atoms with van der Waals surface area (Å²) < 4.78 is 6.66. The number of pyridine rings is 1. The summed E-state index contributed by atoms with van der Waals surface area (Å²) in [4.78, 5) is 49.9. The van der Waals surface area contributed by atoms with Crippen molar-refractivity contribution in [3.05, 3.63) is 70.4 Å². The molecule has 11 heteroatoms. The zero-order valence-electron chi connectivity index (χ0n) is 17.6. The number of amides is 3. The van der Waals surface area contributed by atoms with E-state index in [2.05, 4.69) is 15.1 Å². The van der Waals surface area contributed by atoms with Crippen LogP contribution in [0.25, 0.3) is 5.82 Å². The maximum atomic E-state index is 12.9. The Hall–Kier alpha value is -3.63. The maximum Gasteiger partial charge on any atom is 0.262 e. The lowest BCUT2D eigenvalue weighted by Crippen LogP contribution is -2.40. The van der Waals surface area contributed by atoms with Gasteiger partial charge in [-0.2, -0.15) is 9.67 Å². The molecule has 10 nitrogen and oxygen atoms in total. The van der Waals surface area contributed by atoms with Gasteiger partial charge in [-0.1, -0.05) is 12.1 Å². The highest BCUT2D eigenvalue weighted by atomic mass is 35.5. The van der Waals surface area contributed by atoms with Crippen molar-refractivity contribution >= 4 is 29.3 Å². The molecule has 3 amide bonds. The molecule has 2 aromatic heterocycles. The van der Waals surface area contributed by atoms with Crippen LogP contribution in [0.5, 0.6) is 0 Å². The first-order valence-electron chi connectivity index (χ1n) is 10.4. The molecule has 1 saturated heterocycles. The highest BCUT2D eigenvalue weighted by Gasteiger charge is 2.40. The third-order valence-corrected chi connectivity index (χ3v) is 5.86. The lowest BCUT2D eigenvalue weighted by Gasteiger charge is -2.26. The quantitative estimate of drug-likeness (QED) is 0.541. The number of morpholine rings is 1. The molecule has 33 heavy (non-hydrogen) atoms. The molecule has 3 aromatic rings. The Kier molecular flexibility index (Phi) is 5.39. The highest BCUT2D eigenvalue weighted by Crippen LogP contribution is 2.31. The molecule has 0 saturated carbocycles. The van der Waals surface area contributed by atoms with Gasteiger partial charge in [-0.25, -0.2) is 4.98 Å². The Morgan fingerprint density at radius 3 is 2.33 bits per heavy atom. The smallest absolute Gasteiger partial charge is 0.262 e. The van der Waals surface area contributed by atoms with Gasteiger partial charge in [0, 0.05) is 19.3 Å². The molecule has 1 fully saturated rings. The molecule has 0 aliphatic carbocycles. The number of hydrogen-bond donors (Lipinski definition) is 0. The molecule has 1 atom stereocenters. The van der Waals surface area contributed by atoms with Gasteiger partial charge >= 0.3 is 0 Å². The minimum atomic E-state index is -0.756. The molecular weight excluding hydrogens is 448 g/mol. The number of rotatable bonds is 4. The molecule has 2 aliphatic heterocycles. The van der Waals surface area contributed by atoms with E-state index in [9.17, 15) is 14.4 Å². The summed E-state index contributed by atoms with van der Waals surface area (Å²) in [5.41, 5.74) is 1.12. The number of ether oxygens (including phenoxy) is 1. The first-order chi connectivity index (χ1) is 16.0. The third kappa shape index (κ3) is 3.66. The van der Waals surface area contributed by atoms with Gasteiger partial charge in [0.05, 0.1) is 35.9 Å². The largest absolute Gasteiger partial charge is 0.378 e. The van der Waals surface area contributed by atoms with E-state index in [0.29, 0.717) is 48.8 Å². The van der Waals surface area contributed by atoms with Gasteiger partial charge in [0.25, 0.3) is 17.7 Å². The molecule has 1 unspecified atom stereocenters. The Bertz CT molecular complexity index is 1220. The average molecular weight is 467 g/mol. The van der Waals surface area contributed by atoms with E-state index in [4.69, 9.17) is 16.3 Å². The third-order valence-electron chi connectivity index (χ3n) is 5.70. The zero-order chi connectivity index (χ0) is 23.1. The van der Waals surface area contributed by atoms with Gasteiger partial charge in [-0.15, -0.1) is 5.10 Å². The van der Waals surface area contributed by atoms with E-state index in [1.807, 2.05) is 0 Å². The van der Waals surface area contributed by atoms with E-state index in [-0.39, 0.29) is 17.0 Å². The first kappa shape index (κ1) is 21.2. The minimum absolute atomic E-state index is 0.0521. The zero-order valence-corrected chi connectivity index (χ0v) is 18.4. The number of carbonyl (C=O) groups is 3. The Balaban J connectivity index is 1.43. The molecule has 0 N–H and O–H groups in total. The molecule has 168 valence electrons. The van der Waals surface area contributed by atoms with Crippen molar-refractivity contribution in [1.29, 1.82) is 0 Å². The van der Waals surface area contributed by atoms with E-state index >= 15 is 0 Å². The van der Waals surface area contributed by atoms with Gasteiger partial charge in [0.1, 0.15) is 0 Å². The fraction of sp³-hybridized carbons (Fsp3) is 0.273. The van der Waals surface area contributed by atoms with Crippen molar-refractivity contribution in [3.8, 4) is 5.82 Å². The second-order valence-electron chi connectivity index (χ2n) is 7.66. The van der Waals surface area contributed by atoms with E-state index in [1.54, 1.807) is 48.2 Å². The number of nitrogens with zero attached hydrogens (tertiary/aromatic N) is 6. The normalized spacial score (nSPS) is 16.8. The van der Waals surface area contributed by atoms with Crippen molar-refractivity contribution in [2.75, 3.05) is 26.3 Å². The number of aromatic nitrogens is 4. The minimum Gasteiger partial charge on any atom is -0.378 e. The SMILES string of the molecule is CC(c1nc(Cl)nn1-c1ccc(C(=O)N2CCOCC2)cn1)N1C(=O)c2ccccc2C1=O. The Morgan fingerprint density at radius 2 is 1.73 bits per heavy atom. The monoisotopic (exact) mass is 466 g/mol. The van der Waals surface area contributed by atoms with E-state index in [0.717, 1.165) is 4.90 Å². The fourth-order valence-electron chi connectivity index (χ4n) is 4.00. The maximum absolute atomic E-state index is 12.9. The van der Waals surface area contributed by atoms with Crippen LogP contribution in [0.2, 0.25) is 5.28 Å². The Morgan fingerprint density at radius 1 is 1.06 bits per heavy atom. The van der Waals surface area contributed by atoms with Crippen molar-refractivity contribution in [2.45, 2.75) is 13.0 Å². The summed E-state index contributed by atoms with van der Waals surface area (Å²) in [5, 5.41) is 4.13. The van der Waals surface area contributed by atoms with Crippen LogP contribution in [0.4, 0.5) is 0 Å². The fourth-order valence-corrected chi connectivity index (χ4v) is 4.16. The lowest BCUT2D eigenvalue weighted by atomic mass is 10.1. The number of halogens is 1. The number of hydrogen-bond acceptors (Lipinski definition) is 7. The number of benzene rings is 1. The van der Waals surface area contributed by atoms with Crippen molar-refractivity contribution < 1.29 is 19.1 Å². The second kappa shape index (κ2) is 8.38. The van der Waals surface area contributed by atoms with Crippen molar-refractivity contribution in [2.24, 2.45) is 0 Å². The van der Waals surface area contributed by atoms with Crippen LogP contribution in [-0.2, 0) is 4.74 Å². The van der Waals surface area contributed by atoms with Gasteiger partial charge < -0.3 is 9.64 Å². The van der Waals surface area contributed by atoms with Crippen molar-refractivity contribution in [1.82, 2.24) is 29.5 Å². The summed E-state index contributed by atoms with van der Waals surface area (Å²) in [6.07, 6.45) is 1.46. The van der Waals surface area contributed by atoms with Gasteiger partial charge in [-0.05, 0) is 42.8 Å². The summed E-state index contributed by atoms with van der Waals surface area (Å²) in [7, 11) is 0. The molecule has 4 heterocycles. The topological polar surface area (TPSA) is 111 Å². The average Bonchev–Trinajstić information content (AvgIpc) is 3.36. The summed E-state index contributed by atoms with van der Waals surface area (Å²) in [5.74, 6) is -0.324. The standard InChI is InChI=1S/C22H19ClN6O4/c1-13(28-20(31)15-4-2-3-5-16(15)21(28)32)18-25-22(23)26-29(18)17-7-6-14(12-24-17)19(30)27-8-10-33-11-9-27/h2-7,12-13H,8-11H2,1H3. The van der Waals surface area contributed by atoms with Crippen LogP contribution >= 0.6 is 11.6 Å². The molecule has 0 radical (unpaired) electrons. The van der Waals surface area contributed by atoms with E-state index < -0.39 is 17.9 Å². The second-order valence-corrected chi connectivity index (χ2v) is 8.00. The first-order valence-corrected chi connectivity index (χ1v) is 10.8. The molecule has 5 rings (SSSR count). The van der Waals surface area contributed by atoms with Crippen LogP contribution in [0.1, 0.15) is 49.9 Å². The molecule has 0 spiro atoms.